The van der Waals surface area contributed by atoms with Crippen LogP contribution in [0, 0.1) is 0 Å². The van der Waals surface area contributed by atoms with E-state index in [2.05, 4.69) is 10.6 Å². The zero-order valence-electron chi connectivity index (χ0n) is 12.8. The van der Waals surface area contributed by atoms with E-state index in [1.54, 1.807) is 18.2 Å². The van der Waals surface area contributed by atoms with Crippen LogP contribution in [0.1, 0.15) is 5.56 Å². The summed E-state index contributed by atoms with van der Waals surface area (Å²) in [6, 6.07) is 14.5. The lowest BCUT2D eigenvalue weighted by molar-refractivity contribution is -0.116. The highest BCUT2D eigenvalue weighted by molar-refractivity contribution is 5.96. The first-order valence-corrected chi connectivity index (χ1v) is 7.14. The molecule has 0 aliphatic heterocycles. The molecule has 2 amide bonds. The maximum Gasteiger partial charge on any atom is 0.238 e. The fraction of sp³-hybridized carbons (Fsp3) is 0.176. The maximum absolute atomic E-state index is 12.1. The van der Waals surface area contributed by atoms with E-state index in [0.29, 0.717) is 17.1 Å². The molecule has 6 nitrogen and oxygen atoms in total. The molecule has 0 fully saturated rings. The van der Waals surface area contributed by atoms with Crippen LogP contribution in [0.2, 0.25) is 0 Å². The number of methoxy groups -OCH3 is 1. The van der Waals surface area contributed by atoms with Crippen LogP contribution in [0.3, 0.4) is 0 Å². The number of anilines is 2. The topological polar surface area (TPSA) is 93.5 Å². The van der Waals surface area contributed by atoms with E-state index in [1.807, 2.05) is 30.3 Å². The minimum Gasteiger partial charge on any atom is -0.495 e. The smallest absolute Gasteiger partial charge is 0.238 e. The van der Waals surface area contributed by atoms with Gasteiger partial charge in [0.15, 0.2) is 0 Å². The van der Waals surface area contributed by atoms with Gasteiger partial charge < -0.3 is 21.1 Å². The molecule has 0 unspecified atom stereocenters. The van der Waals surface area contributed by atoms with E-state index in [9.17, 15) is 9.59 Å². The molecule has 2 aromatic carbocycles. The summed E-state index contributed by atoms with van der Waals surface area (Å²) in [5.41, 5.74) is 7.25. The molecule has 6 heteroatoms. The number of amides is 2. The van der Waals surface area contributed by atoms with E-state index in [1.165, 1.54) is 7.11 Å². The third-order valence-corrected chi connectivity index (χ3v) is 3.15. The van der Waals surface area contributed by atoms with Crippen molar-refractivity contribution in [1.29, 1.82) is 0 Å². The molecule has 2 aromatic rings. The third-order valence-electron chi connectivity index (χ3n) is 3.15. The molecule has 23 heavy (non-hydrogen) atoms. The van der Waals surface area contributed by atoms with Crippen LogP contribution in [0.15, 0.2) is 48.5 Å². The van der Waals surface area contributed by atoms with Crippen molar-refractivity contribution < 1.29 is 14.3 Å². The average molecular weight is 313 g/mol. The summed E-state index contributed by atoms with van der Waals surface area (Å²) in [4.78, 5) is 23.5. The molecule has 120 valence electrons. The zero-order valence-corrected chi connectivity index (χ0v) is 12.8. The van der Waals surface area contributed by atoms with Gasteiger partial charge in [-0.25, -0.2) is 0 Å². The number of nitrogens with two attached hydrogens (primary N) is 1. The van der Waals surface area contributed by atoms with Gasteiger partial charge in [-0.2, -0.15) is 0 Å². The number of rotatable bonds is 6. The summed E-state index contributed by atoms with van der Waals surface area (Å²) in [6.45, 7) is -0.131. The molecule has 4 N–H and O–H groups in total. The van der Waals surface area contributed by atoms with Crippen molar-refractivity contribution in [1.82, 2.24) is 0 Å². The molecule has 0 bridgehead atoms. The van der Waals surface area contributed by atoms with E-state index < -0.39 is 0 Å². The van der Waals surface area contributed by atoms with Crippen molar-refractivity contribution in [2.24, 2.45) is 5.73 Å². The van der Waals surface area contributed by atoms with Crippen LogP contribution in [0.4, 0.5) is 11.4 Å². The monoisotopic (exact) mass is 313 g/mol. The Bertz CT molecular complexity index is 687. The van der Waals surface area contributed by atoms with Gasteiger partial charge in [-0.05, 0) is 23.8 Å². The Hall–Kier alpha value is -2.86. The standard InChI is InChI=1S/C17H19N3O3/c1-23-15-8-7-13(10-14(15)20-17(22)11-18)19-16(21)9-12-5-3-2-4-6-12/h2-8,10H,9,11,18H2,1H3,(H,19,21)(H,20,22). The number of ether oxygens (including phenoxy) is 1. The van der Waals surface area contributed by atoms with Crippen molar-refractivity contribution in [2.45, 2.75) is 6.42 Å². The van der Waals surface area contributed by atoms with Gasteiger partial charge in [-0.1, -0.05) is 30.3 Å². The average Bonchev–Trinajstić information content (AvgIpc) is 2.56. The highest BCUT2D eigenvalue weighted by Crippen LogP contribution is 2.27. The number of nitrogens with one attached hydrogen (secondary N) is 2. The Morgan fingerprint density at radius 1 is 1.04 bits per heavy atom. The first kappa shape index (κ1) is 16.5. The lowest BCUT2D eigenvalue weighted by atomic mass is 10.1. The summed E-state index contributed by atoms with van der Waals surface area (Å²) in [6.07, 6.45) is 0.275. The van der Waals surface area contributed by atoms with Crippen LogP contribution in [0.5, 0.6) is 5.75 Å². The summed E-state index contributed by atoms with van der Waals surface area (Å²) in [5, 5.41) is 5.43. The summed E-state index contributed by atoms with van der Waals surface area (Å²) >= 11 is 0. The number of carbonyl (C=O) groups excluding carboxylic acids is 2. The van der Waals surface area contributed by atoms with Crippen LogP contribution < -0.4 is 21.1 Å². The fourth-order valence-electron chi connectivity index (χ4n) is 2.07. The lowest BCUT2D eigenvalue weighted by Crippen LogP contribution is -2.22. The number of carbonyl (C=O) groups is 2. The first-order chi connectivity index (χ1) is 11.1. The minimum atomic E-state index is -0.337. The molecule has 0 aliphatic carbocycles. The maximum atomic E-state index is 12.1. The first-order valence-electron chi connectivity index (χ1n) is 7.14. The SMILES string of the molecule is COc1ccc(NC(=O)Cc2ccccc2)cc1NC(=O)CN. The van der Waals surface area contributed by atoms with Crippen LogP contribution in [0.25, 0.3) is 0 Å². The summed E-state index contributed by atoms with van der Waals surface area (Å²) in [7, 11) is 1.50. The van der Waals surface area contributed by atoms with E-state index in [4.69, 9.17) is 10.5 Å². The second-order valence-corrected chi connectivity index (χ2v) is 4.88. The van der Waals surface area contributed by atoms with Crippen LogP contribution in [-0.2, 0) is 16.0 Å². The summed E-state index contributed by atoms with van der Waals surface area (Å²) in [5.74, 6) is 0.0152. The van der Waals surface area contributed by atoms with E-state index >= 15 is 0 Å². The van der Waals surface area contributed by atoms with E-state index in [-0.39, 0.29) is 24.8 Å². The quantitative estimate of drug-likeness (QED) is 0.757. The Morgan fingerprint density at radius 3 is 2.43 bits per heavy atom. The van der Waals surface area contributed by atoms with E-state index in [0.717, 1.165) is 5.56 Å². The van der Waals surface area contributed by atoms with Gasteiger partial charge in [0.1, 0.15) is 5.75 Å². The number of benzene rings is 2. The highest BCUT2D eigenvalue weighted by Gasteiger charge is 2.09. The zero-order chi connectivity index (χ0) is 16.7. The molecule has 0 spiro atoms. The van der Waals surface area contributed by atoms with Gasteiger partial charge in [0.25, 0.3) is 0 Å². The largest absolute Gasteiger partial charge is 0.495 e. The Labute approximate surface area is 134 Å². The van der Waals surface area contributed by atoms with Gasteiger partial charge in [-0.15, -0.1) is 0 Å². The van der Waals surface area contributed by atoms with Crippen molar-refractivity contribution in [3.63, 3.8) is 0 Å². The molecule has 0 radical (unpaired) electrons. The molecular weight excluding hydrogens is 294 g/mol. The van der Waals surface area contributed by atoms with Crippen molar-refractivity contribution in [2.75, 3.05) is 24.3 Å². The minimum absolute atomic E-state index is 0.131. The third kappa shape index (κ3) is 4.82. The molecule has 2 rings (SSSR count). The predicted molar refractivity (Wildman–Crippen MR) is 89.5 cm³/mol. The second kappa shape index (κ2) is 7.95. The molecular formula is C17H19N3O3. The van der Waals surface area contributed by atoms with Gasteiger partial charge >= 0.3 is 0 Å². The van der Waals surface area contributed by atoms with Crippen molar-refractivity contribution in [3.05, 3.63) is 54.1 Å². The van der Waals surface area contributed by atoms with Crippen LogP contribution in [-0.4, -0.2) is 25.5 Å². The Balaban J connectivity index is 2.08. The molecule has 0 atom stereocenters. The predicted octanol–water partition coefficient (Wildman–Crippen LogP) is 1.77. The molecule has 0 aliphatic rings. The van der Waals surface area contributed by atoms with Crippen molar-refractivity contribution >= 4 is 23.2 Å². The second-order valence-electron chi connectivity index (χ2n) is 4.88. The number of hydrogen-bond acceptors (Lipinski definition) is 4. The number of hydrogen-bond donors (Lipinski definition) is 3. The molecule has 0 heterocycles. The van der Waals surface area contributed by atoms with Gasteiger partial charge in [0.05, 0.1) is 25.8 Å². The van der Waals surface area contributed by atoms with Crippen LogP contribution >= 0.6 is 0 Å². The highest BCUT2D eigenvalue weighted by atomic mass is 16.5. The van der Waals surface area contributed by atoms with Gasteiger partial charge in [0, 0.05) is 5.69 Å². The molecule has 0 saturated carbocycles. The Kier molecular flexibility index (Phi) is 5.71. The Morgan fingerprint density at radius 2 is 1.78 bits per heavy atom. The van der Waals surface area contributed by atoms with Gasteiger partial charge in [0.2, 0.25) is 11.8 Å². The van der Waals surface area contributed by atoms with Crippen molar-refractivity contribution in [3.8, 4) is 5.75 Å². The van der Waals surface area contributed by atoms with Gasteiger partial charge in [-0.3, -0.25) is 9.59 Å². The normalized spacial score (nSPS) is 10.0. The fourth-order valence-corrected chi connectivity index (χ4v) is 2.07. The molecule has 0 saturated heterocycles. The molecule has 0 aromatic heterocycles. The lowest BCUT2D eigenvalue weighted by Gasteiger charge is -2.12. The summed E-state index contributed by atoms with van der Waals surface area (Å²) < 4.78 is 5.18.